The predicted octanol–water partition coefficient (Wildman–Crippen LogP) is 1.83. The Bertz CT molecular complexity index is 633. The van der Waals surface area contributed by atoms with Gasteiger partial charge in [0.2, 0.25) is 10.0 Å². The highest BCUT2D eigenvalue weighted by molar-refractivity contribution is 7.89. The lowest BCUT2D eigenvalue weighted by Gasteiger charge is -2.32. The molecule has 0 amide bonds. The highest BCUT2D eigenvalue weighted by atomic mass is 32.2. The van der Waals surface area contributed by atoms with Crippen LogP contribution in [0.5, 0.6) is 5.75 Å². The normalized spacial score (nSPS) is 20.4. The first kappa shape index (κ1) is 18.0. The molecule has 2 rings (SSSR count). The molecular formula is C14H18F3NO4S. The second-order valence-corrected chi connectivity index (χ2v) is 7.25. The van der Waals surface area contributed by atoms with Crippen molar-refractivity contribution < 1.29 is 31.1 Å². The summed E-state index contributed by atoms with van der Waals surface area (Å²) in [5.74, 6) is -1.19. The molecule has 0 saturated carbocycles. The van der Waals surface area contributed by atoms with Gasteiger partial charge in [0, 0.05) is 19.5 Å². The molecule has 1 aromatic rings. The minimum atomic E-state index is -4.75. The molecule has 1 fully saturated rings. The maximum atomic E-state index is 12.4. The first-order chi connectivity index (χ1) is 10.7. The van der Waals surface area contributed by atoms with E-state index in [0.717, 1.165) is 9.87 Å². The molecule has 0 N–H and O–H groups in total. The number of nitrogens with zero attached hydrogens (tertiary/aromatic N) is 1. The van der Waals surface area contributed by atoms with E-state index < -0.39 is 28.1 Å². The van der Waals surface area contributed by atoms with Gasteiger partial charge in [0.1, 0.15) is 5.75 Å². The zero-order valence-corrected chi connectivity index (χ0v) is 13.4. The van der Waals surface area contributed by atoms with Crippen molar-refractivity contribution in [2.75, 3.05) is 32.6 Å². The van der Waals surface area contributed by atoms with Gasteiger partial charge in [-0.05, 0) is 17.7 Å². The predicted molar refractivity (Wildman–Crippen MR) is 77.9 cm³/mol. The fourth-order valence-corrected chi connectivity index (χ4v) is 3.77. The second kappa shape index (κ2) is 7.06. The molecule has 0 unspecified atom stereocenters. The Hall–Kier alpha value is -1.32. The summed E-state index contributed by atoms with van der Waals surface area (Å²) >= 11 is 0. The van der Waals surface area contributed by atoms with Crippen LogP contribution in [0, 0.1) is 0 Å². The molecule has 1 aliphatic heterocycles. The third kappa shape index (κ3) is 5.36. The molecule has 0 aliphatic carbocycles. The Labute approximate surface area is 133 Å². The number of halogens is 3. The molecule has 1 saturated heterocycles. The van der Waals surface area contributed by atoms with E-state index in [1.807, 2.05) is 6.07 Å². The van der Waals surface area contributed by atoms with Gasteiger partial charge in [0.25, 0.3) is 0 Å². The number of sulfonamides is 1. The Kier molecular flexibility index (Phi) is 5.53. The Morgan fingerprint density at radius 2 is 2.13 bits per heavy atom. The summed E-state index contributed by atoms with van der Waals surface area (Å²) < 4.78 is 72.2. The molecule has 23 heavy (non-hydrogen) atoms. The number of ether oxygens (including phenoxy) is 2. The first-order valence-electron chi connectivity index (χ1n) is 6.99. The van der Waals surface area contributed by atoms with Crippen LogP contribution in [0.3, 0.4) is 0 Å². The summed E-state index contributed by atoms with van der Waals surface area (Å²) in [7, 11) is -2.85. The lowest BCUT2D eigenvalue weighted by atomic mass is 10.1. The van der Waals surface area contributed by atoms with Gasteiger partial charge in [-0.25, -0.2) is 8.42 Å². The van der Waals surface area contributed by atoms with E-state index in [0.29, 0.717) is 12.2 Å². The first-order valence-corrected chi connectivity index (χ1v) is 8.59. The Morgan fingerprint density at radius 3 is 2.78 bits per heavy atom. The largest absolute Gasteiger partial charge is 0.497 e. The van der Waals surface area contributed by atoms with Crippen molar-refractivity contribution in [3.63, 3.8) is 0 Å². The molecule has 1 aliphatic rings. The van der Waals surface area contributed by atoms with Crippen molar-refractivity contribution >= 4 is 10.0 Å². The van der Waals surface area contributed by atoms with Crippen molar-refractivity contribution in [2.45, 2.75) is 18.7 Å². The second-order valence-electron chi connectivity index (χ2n) is 5.28. The summed E-state index contributed by atoms with van der Waals surface area (Å²) in [6, 6.07) is 7.17. The monoisotopic (exact) mass is 353 g/mol. The summed E-state index contributed by atoms with van der Waals surface area (Å²) in [5.41, 5.74) is 0.865. The summed E-state index contributed by atoms with van der Waals surface area (Å²) in [6.07, 6.45) is -4.84. The van der Waals surface area contributed by atoms with Gasteiger partial charge in [0.05, 0.1) is 19.8 Å². The smallest absolute Gasteiger partial charge is 0.404 e. The average Bonchev–Trinajstić information content (AvgIpc) is 2.45. The number of benzene rings is 1. The van der Waals surface area contributed by atoms with E-state index in [1.165, 1.54) is 7.11 Å². The molecule has 0 bridgehead atoms. The number of hydrogen-bond donors (Lipinski definition) is 0. The van der Waals surface area contributed by atoms with Crippen LogP contribution in [0.2, 0.25) is 0 Å². The minimum absolute atomic E-state index is 0.0625. The van der Waals surface area contributed by atoms with E-state index in [1.54, 1.807) is 18.2 Å². The summed E-state index contributed by atoms with van der Waals surface area (Å²) in [4.78, 5) is 0. The van der Waals surface area contributed by atoms with Gasteiger partial charge in [-0.15, -0.1) is 0 Å². The van der Waals surface area contributed by atoms with Crippen LogP contribution in [-0.2, 0) is 21.2 Å². The summed E-state index contributed by atoms with van der Waals surface area (Å²) in [5, 5.41) is 0. The van der Waals surface area contributed by atoms with Crippen LogP contribution in [0.4, 0.5) is 13.2 Å². The number of rotatable bonds is 5. The van der Waals surface area contributed by atoms with E-state index in [4.69, 9.17) is 9.47 Å². The number of alkyl halides is 3. The Morgan fingerprint density at radius 1 is 1.39 bits per heavy atom. The van der Waals surface area contributed by atoms with E-state index in [-0.39, 0.29) is 19.7 Å². The van der Waals surface area contributed by atoms with Gasteiger partial charge in [-0.1, -0.05) is 12.1 Å². The quantitative estimate of drug-likeness (QED) is 0.810. The average molecular weight is 353 g/mol. The molecule has 1 aromatic carbocycles. The van der Waals surface area contributed by atoms with Gasteiger partial charge in [-0.2, -0.15) is 17.5 Å². The highest BCUT2D eigenvalue weighted by Crippen LogP contribution is 2.22. The molecule has 5 nitrogen and oxygen atoms in total. The minimum Gasteiger partial charge on any atom is -0.497 e. The van der Waals surface area contributed by atoms with Crippen molar-refractivity contribution in [1.29, 1.82) is 0 Å². The van der Waals surface area contributed by atoms with Crippen molar-refractivity contribution in [3.05, 3.63) is 29.8 Å². The van der Waals surface area contributed by atoms with Crippen molar-refractivity contribution in [3.8, 4) is 5.75 Å². The van der Waals surface area contributed by atoms with Gasteiger partial charge in [0.15, 0.2) is 5.75 Å². The van der Waals surface area contributed by atoms with Crippen LogP contribution in [0.15, 0.2) is 24.3 Å². The number of hydrogen-bond acceptors (Lipinski definition) is 4. The molecule has 0 spiro atoms. The zero-order valence-electron chi connectivity index (χ0n) is 12.5. The maximum Gasteiger partial charge on any atom is 0.404 e. The standard InChI is InChI=1S/C14H18F3NO4S/c1-21-12-4-2-3-11(7-12)8-13-9-18(5-6-22-13)23(19,20)10-14(15,16)17/h2-4,7,13H,5-6,8-10H2,1H3/t13-/m1/s1. The molecule has 9 heteroatoms. The van der Waals surface area contributed by atoms with Crippen LogP contribution >= 0.6 is 0 Å². The van der Waals surface area contributed by atoms with E-state index in [9.17, 15) is 21.6 Å². The van der Waals surface area contributed by atoms with Crippen LogP contribution in [0.25, 0.3) is 0 Å². The van der Waals surface area contributed by atoms with Gasteiger partial charge < -0.3 is 9.47 Å². The molecule has 130 valence electrons. The topological polar surface area (TPSA) is 55.8 Å². The third-order valence-electron chi connectivity index (χ3n) is 3.44. The maximum absolute atomic E-state index is 12.4. The van der Waals surface area contributed by atoms with E-state index >= 15 is 0 Å². The van der Waals surface area contributed by atoms with Gasteiger partial charge in [-0.3, -0.25) is 0 Å². The lowest BCUT2D eigenvalue weighted by molar-refractivity contribution is -0.107. The molecule has 0 aromatic heterocycles. The third-order valence-corrected chi connectivity index (χ3v) is 5.25. The SMILES string of the molecule is COc1cccc(C[C@@H]2CN(S(=O)(=O)CC(F)(F)F)CCO2)c1. The van der Waals surface area contributed by atoms with Crippen LogP contribution < -0.4 is 4.74 Å². The molecule has 1 heterocycles. The highest BCUT2D eigenvalue weighted by Gasteiger charge is 2.40. The Balaban J connectivity index is 2.03. The lowest BCUT2D eigenvalue weighted by Crippen LogP contribution is -2.48. The molecular weight excluding hydrogens is 335 g/mol. The fourth-order valence-electron chi connectivity index (χ4n) is 2.43. The van der Waals surface area contributed by atoms with Crippen LogP contribution in [0.1, 0.15) is 5.56 Å². The van der Waals surface area contributed by atoms with Crippen molar-refractivity contribution in [1.82, 2.24) is 4.31 Å². The molecule has 0 radical (unpaired) electrons. The van der Waals surface area contributed by atoms with E-state index in [2.05, 4.69) is 0 Å². The van der Waals surface area contributed by atoms with Crippen molar-refractivity contribution in [2.24, 2.45) is 0 Å². The number of morpholine rings is 1. The molecule has 1 atom stereocenters. The zero-order chi connectivity index (χ0) is 17.1. The number of methoxy groups -OCH3 is 1. The summed E-state index contributed by atoms with van der Waals surface area (Å²) in [6.45, 7) is -0.0750. The van der Waals surface area contributed by atoms with Gasteiger partial charge >= 0.3 is 6.18 Å². The van der Waals surface area contributed by atoms with Crippen LogP contribution in [-0.4, -0.2) is 57.6 Å². The fraction of sp³-hybridized carbons (Fsp3) is 0.571.